The van der Waals surface area contributed by atoms with Crippen molar-refractivity contribution in [2.45, 2.75) is 50.7 Å². The fourth-order valence-corrected chi connectivity index (χ4v) is 4.40. The largest absolute Gasteiger partial charge is 0.381 e. The maximum atomic E-state index is 11.4. The van der Waals surface area contributed by atoms with Gasteiger partial charge in [0.2, 0.25) is 0 Å². The lowest BCUT2D eigenvalue weighted by molar-refractivity contribution is 0.0499. The van der Waals surface area contributed by atoms with E-state index in [9.17, 15) is 10.2 Å². The fourth-order valence-electron chi connectivity index (χ4n) is 4.40. The highest BCUT2D eigenvalue weighted by atomic mass is 16.3. The Kier molecular flexibility index (Phi) is 2.82. The topological polar surface area (TPSA) is 40.5 Å². The number of aryl methyl sites for hydroxylation is 1. The zero-order valence-electron chi connectivity index (χ0n) is 13.2. The van der Waals surface area contributed by atoms with Gasteiger partial charge in [0.25, 0.3) is 0 Å². The molecule has 2 nitrogen and oxygen atoms in total. The van der Waals surface area contributed by atoms with Gasteiger partial charge in [0, 0.05) is 0 Å². The Bertz CT molecular complexity index is 756. The van der Waals surface area contributed by atoms with Gasteiger partial charge in [-0.1, -0.05) is 36.4 Å². The first-order valence-corrected chi connectivity index (χ1v) is 8.14. The van der Waals surface area contributed by atoms with E-state index >= 15 is 0 Å². The van der Waals surface area contributed by atoms with Crippen molar-refractivity contribution in [3.05, 3.63) is 69.8 Å². The molecule has 0 saturated heterocycles. The molecule has 2 aliphatic carbocycles. The Morgan fingerprint density at radius 2 is 1.41 bits per heavy atom. The second kappa shape index (κ2) is 4.43. The third-order valence-corrected chi connectivity index (χ3v) is 5.52. The van der Waals surface area contributed by atoms with Crippen LogP contribution in [0, 0.1) is 0 Å². The molecule has 0 fully saturated rings. The Balaban J connectivity index is 2.09. The van der Waals surface area contributed by atoms with Crippen molar-refractivity contribution in [1.29, 1.82) is 0 Å². The van der Waals surface area contributed by atoms with Gasteiger partial charge in [0.15, 0.2) is 0 Å². The summed E-state index contributed by atoms with van der Waals surface area (Å²) in [4.78, 5) is 0. The molecule has 2 aromatic carbocycles. The standard InChI is InChI=1S/C20H22O2/c1-19(21)15-9-5-6-10-16(15)20(2,22)18-14-8-4-3-7-13(14)11-12-17(18)19/h5-6,9-12,21-22H,3-4,7-8H2,1-2H3. The minimum Gasteiger partial charge on any atom is -0.381 e. The van der Waals surface area contributed by atoms with Crippen LogP contribution in [0.5, 0.6) is 0 Å². The minimum absolute atomic E-state index is 0.809. The molecule has 4 rings (SSSR count). The maximum Gasteiger partial charge on any atom is 0.113 e. The number of hydrogen-bond acceptors (Lipinski definition) is 2. The Hall–Kier alpha value is -1.64. The maximum absolute atomic E-state index is 11.4. The number of aliphatic hydroxyl groups is 2. The first-order chi connectivity index (χ1) is 10.4. The lowest BCUT2D eigenvalue weighted by Gasteiger charge is -2.43. The van der Waals surface area contributed by atoms with E-state index in [-0.39, 0.29) is 0 Å². The average molecular weight is 294 g/mol. The predicted molar refractivity (Wildman–Crippen MR) is 86.9 cm³/mol. The molecule has 114 valence electrons. The fraction of sp³-hybridized carbons (Fsp3) is 0.400. The summed E-state index contributed by atoms with van der Waals surface area (Å²) >= 11 is 0. The molecule has 2 aromatic rings. The normalized spacial score (nSPS) is 29.5. The molecule has 0 bridgehead atoms. The summed E-state index contributed by atoms with van der Waals surface area (Å²) < 4.78 is 0. The molecule has 0 radical (unpaired) electrons. The van der Waals surface area contributed by atoms with Crippen LogP contribution >= 0.6 is 0 Å². The molecule has 0 saturated carbocycles. The summed E-state index contributed by atoms with van der Waals surface area (Å²) in [5.74, 6) is 0. The van der Waals surface area contributed by atoms with E-state index in [0.29, 0.717) is 0 Å². The smallest absolute Gasteiger partial charge is 0.113 e. The number of benzene rings is 2. The molecule has 0 aliphatic heterocycles. The van der Waals surface area contributed by atoms with E-state index in [4.69, 9.17) is 0 Å². The van der Waals surface area contributed by atoms with Gasteiger partial charge in [-0.15, -0.1) is 0 Å². The summed E-state index contributed by atoms with van der Waals surface area (Å²) in [5.41, 5.74) is 3.92. The molecule has 0 spiro atoms. The molecule has 2 atom stereocenters. The highest BCUT2D eigenvalue weighted by Crippen LogP contribution is 2.49. The summed E-state index contributed by atoms with van der Waals surface area (Å²) in [6.45, 7) is 3.71. The van der Waals surface area contributed by atoms with Gasteiger partial charge in [-0.2, -0.15) is 0 Å². The SMILES string of the molecule is CC1(O)c2ccccc2C(C)(O)c2c1ccc1c2CCCC1. The van der Waals surface area contributed by atoms with Crippen LogP contribution in [0.3, 0.4) is 0 Å². The van der Waals surface area contributed by atoms with Crippen LogP contribution in [0.4, 0.5) is 0 Å². The first-order valence-electron chi connectivity index (χ1n) is 8.14. The van der Waals surface area contributed by atoms with Gasteiger partial charge in [-0.25, -0.2) is 0 Å². The van der Waals surface area contributed by atoms with E-state index in [0.717, 1.165) is 41.5 Å². The number of rotatable bonds is 0. The quantitative estimate of drug-likeness (QED) is 0.782. The van der Waals surface area contributed by atoms with Crippen molar-refractivity contribution in [2.24, 2.45) is 0 Å². The zero-order chi connectivity index (χ0) is 15.5. The third-order valence-electron chi connectivity index (χ3n) is 5.52. The van der Waals surface area contributed by atoms with Crippen molar-refractivity contribution >= 4 is 0 Å². The molecule has 2 unspecified atom stereocenters. The molecule has 0 amide bonds. The zero-order valence-corrected chi connectivity index (χ0v) is 13.2. The molecule has 2 N–H and O–H groups in total. The van der Waals surface area contributed by atoms with Crippen LogP contribution < -0.4 is 0 Å². The van der Waals surface area contributed by atoms with Crippen LogP contribution in [0.25, 0.3) is 0 Å². The summed E-state index contributed by atoms with van der Waals surface area (Å²) in [6, 6.07) is 11.9. The Labute approximate surface area is 131 Å². The predicted octanol–water partition coefficient (Wildman–Crippen LogP) is 3.39. The summed E-state index contributed by atoms with van der Waals surface area (Å²) in [6.07, 6.45) is 4.43. The van der Waals surface area contributed by atoms with E-state index in [1.807, 2.05) is 44.2 Å². The van der Waals surface area contributed by atoms with Gasteiger partial charge < -0.3 is 10.2 Å². The van der Waals surface area contributed by atoms with Crippen molar-refractivity contribution in [2.75, 3.05) is 0 Å². The molecule has 2 heteroatoms. The van der Waals surface area contributed by atoms with E-state index < -0.39 is 11.2 Å². The van der Waals surface area contributed by atoms with Gasteiger partial charge in [-0.05, 0) is 72.9 Å². The molecule has 22 heavy (non-hydrogen) atoms. The summed E-state index contributed by atoms with van der Waals surface area (Å²) in [7, 11) is 0. The lowest BCUT2D eigenvalue weighted by atomic mass is 9.66. The van der Waals surface area contributed by atoms with Crippen molar-refractivity contribution in [3.8, 4) is 0 Å². The average Bonchev–Trinajstić information content (AvgIpc) is 2.52. The molecule has 2 aliphatic rings. The highest BCUT2D eigenvalue weighted by molar-refractivity contribution is 5.60. The molecule has 0 aromatic heterocycles. The highest BCUT2D eigenvalue weighted by Gasteiger charge is 2.46. The van der Waals surface area contributed by atoms with Gasteiger partial charge >= 0.3 is 0 Å². The third kappa shape index (κ3) is 1.68. The summed E-state index contributed by atoms with van der Waals surface area (Å²) in [5, 5.41) is 22.6. The van der Waals surface area contributed by atoms with Gasteiger partial charge in [0.1, 0.15) is 11.2 Å². The first kappa shape index (κ1) is 14.0. The van der Waals surface area contributed by atoms with Crippen LogP contribution in [0.2, 0.25) is 0 Å². The van der Waals surface area contributed by atoms with E-state index in [1.54, 1.807) is 0 Å². The Morgan fingerprint density at radius 1 is 0.773 bits per heavy atom. The second-order valence-electron chi connectivity index (χ2n) is 7.02. The van der Waals surface area contributed by atoms with Crippen LogP contribution in [-0.2, 0) is 24.0 Å². The molecular formula is C20H22O2. The minimum atomic E-state index is -1.05. The monoisotopic (exact) mass is 294 g/mol. The molecular weight excluding hydrogens is 272 g/mol. The Morgan fingerprint density at radius 3 is 2.14 bits per heavy atom. The molecule has 0 heterocycles. The van der Waals surface area contributed by atoms with Crippen LogP contribution in [0.15, 0.2) is 36.4 Å². The van der Waals surface area contributed by atoms with E-state index in [1.165, 1.54) is 17.5 Å². The van der Waals surface area contributed by atoms with Gasteiger partial charge in [0.05, 0.1) is 0 Å². The number of hydrogen-bond donors (Lipinski definition) is 2. The second-order valence-corrected chi connectivity index (χ2v) is 7.02. The van der Waals surface area contributed by atoms with Gasteiger partial charge in [-0.3, -0.25) is 0 Å². The van der Waals surface area contributed by atoms with Crippen LogP contribution in [0.1, 0.15) is 60.1 Å². The van der Waals surface area contributed by atoms with Crippen LogP contribution in [-0.4, -0.2) is 10.2 Å². The van der Waals surface area contributed by atoms with E-state index in [2.05, 4.69) is 6.07 Å². The lowest BCUT2D eigenvalue weighted by Crippen LogP contribution is -2.41. The van der Waals surface area contributed by atoms with Crippen molar-refractivity contribution in [3.63, 3.8) is 0 Å². The van der Waals surface area contributed by atoms with Crippen molar-refractivity contribution < 1.29 is 10.2 Å². The van der Waals surface area contributed by atoms with Crippen molar-refractivity contribution in [1.82, 2.24) is 0 Å². The number of fused-ring (bicyclic) bond motifs is 4.